The average Bonchev–Trinajstić information content (AvgIpc) is 1.75. The lowest BCUT2D eigenvalue weighted by atomic mass is 9.83. The molecular formula is C82H72F3N9O5. The molecule has 3 N–H and O–H groups in total. The molecule has 14 nitrogen and oxygen atoms in total. The average molecular weight is 1320 g/mol. The number of amides is 1. The van der Waals surface area contributed by atoms with Gasteiger partial charge in [-0.15, -0.1) is 0 Å². The molecule has 0 saturated carbocycles. The molecule has 17 heteroatoms. The number of hydrogen-bond acceptors (Lipinski definition) is 11. The van der Waals surface area contributed by atoms with Gasteiger partial charge in [0.1, 0.15) is 17.2 Å². The van der Waals surface area contributed by atoms with Crippen LogP contribution >= 0.6 is 0 Å². The monoisotopic (exact) mass is 1320 g/mol. The predicted molar refractivity (Wildman–Crippen MR) is 377 cm³/mol. The van der Waals surface area contributed by atoms with Gasteiger partial charge in [0.2, 0.25) is 11.8 Å². The molecule has 3 aliphatic heterocycles. The number of fused-ring (bicyclic) bond motifs is 1. The molecular weight excluding hydrogens is 1250 g/mol. The van der Waals surface area contributed by atoms with E-state index < -0.39 is 17.3 Å². The quantitative estimate of drug-likeness (QED) is 0.0796. The summed E-state index contributed by atoms with van der Waals surface area (Å²) in [5.41, 5.74) is 13.3. The summed E-state index contributed by atoms with van der Waals surface area (Å²) in [5, 5.41) is 13.0. The number of alkyl halides is 3. The molecule has 5 aromatic heterocycles. The zero-order valence-electron chi connectivity index (χ0n) is 54.5. The molecule has 16 rings (SSSR count). The first-order valence-corrected chi connectivity index (χ1v) is 34.0. The third-order valence-corrected chi connectivity index (χ3v) is 19.9. The highest BCUT2D eigenvalue weighted by atomic mass is 19.4. The minimum absolute atomic E-state index is 0.124. The number of aromatic nitrogens is 5. The maximum atomic E-state index is 13.7. The number of nitrogens with zero attached hydrogens (tertiary/aromatic N) is 7. The first-order valence-electron chi connectivity index (χ1n) is 34.0. The van der Waals surface area contributed by atoms with Crippen LogP contribution in [0.2, 0.25) is 0 Å². The summed E-state index contributed by atoms with van der Waals surface area (Å²) in [5.74, 6) is 4.01. The largest absolute Gasteiger partial charge is 0.459 e. The Morgan fingerprint density at radius 3 is 1.63 bits per heavy atom. The Bertz CT molecular complexity index is 4990. The first kappa shape index (κ1) is 63.1. The smallest absolute Gasteiger partial charge is 0.416 e. The number of aromatic amines is 2. The number of rotatable bonds is 17. The zero-order valence-corrected chi connectivity index (χ0v) is 54.5. The highest BCUT2D eigenvalue weighted by Crippen LogP contribution is 2.43. The number of hydrogen-bond donors (Lipinski definition) is 3. The maximum absolute atomic E-state index is 13.7. The molecule has 1 amide bonds. The van der Waals surface area contributed by atoms with Crippen LogP contribution in [0.15, 0.2) is 244 Å². The lowest BCUT2D eigenvalue weighted by Gasteiger charge is -2.38. The van der Waals surface area contributed by atoms with Crippen molar-refractivity contribution in [3.05, 3.63) is 271 Å². The number of nitrogens with one attached hydrogen (secondary N) is 2. The van der Waals surface area contributed by atoms with Gasteiger partial charge in [-0.05, 0) is 133 Å². The summed E-state index contributed by atoms with van der Waals surface area (Å²) in [6.45, 7) is 6.62. The highest BCUT2D eigenvalue weighted by molar-refractivity contribution is 5.92. The summed E-state index contributed by atoms with van der Waals surface area (Å²) in [4.78, 5) is 45.0. The van der Waals surface area contributed by atoms with Crippen LogP contribution in [0.3, 0.4) is 0 Å². The molecule has 3 fully saturated rings. The molecule has 99 heavy (non-hydrogen) atoms. The van der Waals surface area contributed by atoms with Gasteiger partial charge in [-0.3, -0.25) is 19.5 Å². The second kappa shape index (κ2) is 27.0. The SMILES string of the molecule is O=C(c1ccco1)N1CCN(Cc2nc(-c3cccc(-c4cccc(-c5oc(CN6CCC(c7c[nH]c8ccccc78)CC6)nc5-c5ccccc5)c4)c3)c(-c3cccc(-c4cccc(-c5nc(CN6CCC(O)(c7cccc(C(F)(F)F)c7)CC6)[nH]c5-c5ccccc5)c4)c3)o2)CC1. The van der Waals surface area contributed by atoms with Gasteiger partial charge >= 0.3 is 6.18 Å². The van der Waals surface area contributed by atoms with Gasteiger partial charge in [0, 0.05) is 89.7 Å². The van der Waals surface area contributed by atoms with Gasteiger partial charge in [0.15, 0.2) is 17.3 Å². The maximum Gasteiger partial charge on any atom is 0.416 e. The van der Waals surface area contributed by atoms with E-state index in [9.17, 15) is 23.1 Å². The van der Waals surface area contributed by atoms with Gasteiger partial charge in [0.05, 0.1) is 48.4 Å². The highest BCUT2D eigenvalue weighted by Gasteiger charge is 2.38. The van der Waals surface area contributed by atoms with Crippen molar-refractivity contribution < 1.29 is 36.3 Å². The van der Waals surface area contributed by atoms with Crippen molar-refractivity contribution >= 4 is 16.8 Å². The molecule has 0 unspecified atom stereocenters. The fourth-order valence-electron chi connectivity index (χ4n) is 14.6. The molecule has 0 bridgehead atoms. The Balaban J connectivity index is 0.685. The van der Waals surface area contributed by atoms with E-state index in [2.05, 4.69) is 164 Å². The van der Waals surface area contributed by atoms with Crippen molar-refractivity contribution in [2.75, 3.05) is 52.4 Å². The number of benzene rings is 8. The number of H-pyrrole nitrogens is 2. The second-order valence-corrected chi connectivity index (χ2v) is 26.3. The van der Waals surface area contributed by atoms with Crippen LogP contribution in [0, 0.1) is 0 Å². The van der Waals surface area contributed by atoms with Crippen LogP contribution < -0.4 is 0 Å². The predicted octanol–water partition coefficient (Wildman–Crippen LogP) is 17.6. The number of carbonyl (C=O) groups is 1. The van der Waals surface area contributed by atoms with Crippen LogP contribution in [0.25, 0.3) is 101 Å². The molecule has 0 atom stereocenters. The molecule has 8 aromatic carbocycles. The van der Waals surface area contributed by atoms with Gasteiger partial charge in [-0.2, -0.15) is 13.2 Å². The minimum Gasteiger partial charge on any atom is -0.459 e. The van der Waals surface area contributed by atoms with Crippen molar-refractivity contribution in [1.29, 1.82) is 0 Å². The van der Waals surface area contributed by atoms with E-state index in [4.69, 9.17) is 28.2 Å². The Hall–Kier alpha value is -10.7. The fraction of sp³-hybridized carbons (Fsp3) is 0.220. The number of para-hydroxylation sites is 1. The zero-order chi connectivity index (χ0) is 67.0. The Labute approximate surface area is 571 Å². The number of furan rings is 1. The van der Waals surface area contributed by atoms with Crippen molar-refractivity contribution in [3.63, 3.8) is 0 Å². The van der Waals surface area contributed by atoms with Crippen LogP contribution in [-0.2, 0) is 31.4 Å². The summed E-state index contributed by atoms with van der Waals surface area (Å²) in [6.07, 6.45) is 1.88. The molecule has 8 heterocycles. The van der Waals surface area contributed by atoms with Gasteiger partial charge < -0.3 is 33.2 Å². The molecule has 496 valence electrons. The molecule has 3 aliphatic rings. The van der Waals surface area contributed by atoms with E-state index in [1.54, 1.807) is 18.2 Å². The normalized spacial score (nSPS) is 15.9. The summed E-state index contributed by atoms with van der Waals surface area (Å²) >= 11 is 0. The molecule has 3 saturated heterocycles. The lowest BCUT2D eigenvalue weighted by Crippen LogP contribution is -2.48. The summed E-state index contributed by atoms with van der Waals surface area (Å²) in [6, 6.07) is 71.0. The van der Waals surface area contributed by atoms with Crippen molar-refractivity contribution in [2.45, 2.75) is 63.0 Å². The second-order valence-electron chi connectivity index (χ2n) is 26.3. The number of piperidine rings is 2. The number of imidazole rings is 1. The molecule has 0 aliphatic carbocycles. The molecule has 13 aromatic rings. The first-order chi connectivity index (χ1) is 48.4. The Morgan fingerprint density at radius 1 is 0.505 bits per heavy atom. The standard InChI is InChI=1S/C82H72F3N9O5/c83-82(84,85)66-28-13-27-65(49-66)81(96)34-38-92(39-35-81)51-71-87-74(55-15-3-1-4-16-55)75(88-71)61-23-9-19-57(45-61)59-21-12-26-64(48-59)79-77(90-73(99-79)53-93-40-42-94(43-41-93)80(95)70-31-14-44-97-70)62-24-10-20-58(46-62)60-22-11-25-63(47-60)78-76(56-17-5-2-6-18-56)89-72(98-78)52-91-36-32-54(33-37-91)68-50-86-69-30-8-7-29-67(68)69/h1-31,44-50,54,86,96H,32-43,51-53H2,(H,87,88). The number of halogens is 3. The van der Waals surface area contributed by atoms with Gasteiger partial charge in [-0.1, -0.05) is 164 Å². The number of piperazine rings is 1. The number of aliphatic hydroxyl groups is 1. The van der Waals surface area contributed by atoms with Crippen LogP contribution in [-0.4, -0.2) is 108 Å². The number of likely N-dealkylation sites (tertiary alicyclic amines) is 2. The fourth-order valence-corrected chi connectivity index (χ4v) is 14.6. The molecule has 0 radical (unpaired) electrons. The van der Waals surface area contributed by atoms with Gasteiger partial charge in [0.25, 0.3) is 5.91 Å². The molecule has 0 spiro atoms. The van der Waals surface area contributed by atoms with E-state index in [1.807, 2.05) is 53.4 Å². The Morgan fingerprint density at radius 2 is 1.02 bits per heavy atom. The van der Waals surface area contributed by atoms with E-state index in [1.165, 1.54) is 28.8 Å². The third kappa shape index (κ3) is 13.3. The number of oxazole rings is 2. The number of carbonyl (C=O) groups excluding carboxylic acids is 1. The van der Waals surface area contributed by atoms with Crippen molar-refractivity contribution in [2.24, 2.45) is 0 Å². The summed E-state index contributed by atoms with van der Waals surface area (Å²) < 4.78 is 60.4. The van der Waals surface area contributed by atoms with Gasteiger partial charge in [-0.25, -0.2) is 15.0 Å². The minimum atomic E-state index is -4.50. The van der Waals surface area contributed by atoms with Crippen molar-refractivity contribution in [1.82, 2.24) is 44.5 Å². The lowest BCUT2D eigenvalue weighted by molar-refractivity contribution is -0.137. The van der Waals surface area contributed by atoms with E-state index in [-0.39, 0.29) is 24.3 Å². The van der Waals surface area contributed by atoms with Crippen LogP contribution in [0.4, 0.5) is 13.2 Å². The van der Waals surface area contributed by atoms with E-state index in [0.29, 0.717) is 93.8 Å². The summed E-state index contributed by atoms with van der Waals surface area (Å²) in [7, 11) is 0. The topological polar surface area (TPSA) is 160 Å². The van der Waals surface area contributed by atoms with E-state index in [0.717, 1.165) is 122 Å². The van der Waals surface area contributed by atoms with Crippen LogP contribution in [0.5, 0.6) is 0 Å². The Kier molecular flexibility index (Phi) is 17.2. The van der Waals surface area contributed by atoms with E-state index >= 15 is 0 Å². The van der Waals surface area contributed by atoms with Crippen LogP contribution in [0.1, 0.15) is 76.5 Å². The van der Waals surface area contributed by atoms with Crippen molar-refractivity contribution in [3.8, 4) is 89.9 Å². The third-order valence-electron chi connectivity index (χ3n) is 19.9.